The molecule has 0 saturated carbocycles. The predicted molar refractivity (Wildman–Crippen MR) is 107 cm³/mol. The number of amides is 1. The molecule has 3 aromatic rings. The van der Waals surface area contributed by atoms with Gasteiger partial charge in [0.1, 0.15) is 5.75 Å². The number of anilines is 3. The summed E-state index contributed by atoms with van der Waals surface area (Å²) < 4.78 is 5.24. The van der Waals surface area contributed by atoms with Crippen LogP contribution in [-0.4, -0.2) is 18.0 Å². The van der Waals surface area contributed by atoms with Crippen molar-refractivity contribution in [1.29, 1.82) is 0 Å². The summed E-state index contributed by atoms with van der Waals surface area (Å²) in [6.45, 7) is 1.99. The molecule has 2 N–H and O–H groups in total. The van der Waals surface area contributed by atoms with E-state index in [-0.39, 0.29) is 5.91 Å². The second-order valence-electron chi connectivity index (χ2n) is 5.77. The first-order valence-corrected chi connectivity index (χ1v) is 9.33. The van der Waals surface area contributed by atoms with E-state index in [4.69, 9.17) is 4.74 Å². The molecule has 5 nitrogen and oxygen atoms in total. The average molecular weight is 367 g/mol. The third-order valence-corrected chi connectivity index (χ3v) is 4.50. The van der Waals surface area contributed by atoms with Crippen molar-refractivity contribution in [3.63, 3.8) is 0 Å². The summed E-state index contributed by atoms with van der Waals surface area (Å²) in [6.07, 6.45) is 1.35. The Morgan fingerprint density at radius 3 is 2.77 bits per heavy atom. The maximum atomic E-state index is 11.8. The molecule has 0 aliphatic rings. The van der Waals surface area contributed by atoms with Crippen LogP contribution in [0.1, 0.15) is 19.8 Å². The van der Waals surface area contributed by atoms with Crippen LogP contribution in [0.2, 0.25) is 0 Å². The van der Waals surface area contributed by atoms with Crippen LogP contribution >= 0.6 is 11.3 Å². The van der Waals surface area contributed by atoms with E-state index >= 15 is 0 Å². The number of hydrogen-bond acceptors (Lipinski definition) is 5. The van der Waals surface area contributed by atoms with E-state index in [2.05, 4.69) is 15.6 Å². The largest absolute Gasteiger partial charge is 0.497 e. The van der Waals surface area contributed by atoms with E-state index < -0.39 is 0 Å². The molecule has 0 unspecified atom stereocenters. The van der Waals surface area contributed by atoms with Gasteiger partial charge in [-0.3, -0.25) is 4.79 Å². The van der Waals surface area contributed by atoms with Gasteiger partial charge in [0, 0.05) is 34.8 Å². The fourth-order valence-corrected chi connectivity index (χ4v) is 3.23. The van der Waals surface area contributed by atoms with Crippen LogP contribution < -0.4 is 15.4 Å². The zero-order valence-corrected chi connectivity index (χ0v) is 15.6. The number of benzene rings is 2. The van der Waals surface area contributed by atoms with Gasteiger partial charge in [0.2, 0.25) is 5.91 Å². The van der Waals surface area contributed by atoms with Crippen molar-refractivity contribution in [2.24, 2.45) is 0 Å². The minimum absolute atomic E-state index is 0.0308. The highest BCUT2D eigenvalue weighted by atomic mass is 32.1. The van der Waals surface area contributed by atoms with Crippen molar-refractivity contribution in [1.82, 2.24) is 4.98 Å². The Kier molecular flexibility index (Phi) is 5.86. The maximum absolute atomic E-state index is 11.8. The number of hydrogen-bond donors (Lipinski definition) is 2. The molecule has 0 fully saturated rings. The standard InChI is InChI=1S/C20H21N3O2S/c1-3-6-19(24)21-15-8-4-7-14(11-15)18-13-26-20(23-18)22-16-9-5-10-17(12-16)25-2/h4-5,7-13H,3,6H2,1-2H3,(H,21,24)(H,22,23). The van der Waals surface area contributed by atoms with E-state index in [0.717, 1.165) is 39.9 Å². The molecule has 0 radical (unpaired) electrons. The van der Waals surface area contributed by atoms with Crippen molar-refractivity contribution in [2.45, 2.75) is 19.8 Å². The summed E-state index contributed by atoms with van der Waals surface area (Å²) in [5.74, 6) is 0.825. The molecule has 0 aliphatic carbocycles. The van der Waals surface area contributed by atoms with Gasteiger partial charge in [0.25, 0.3) is 0 Å². The quantitative estimate of drug-likeness (QED) is 0.595. The number of carbonyl (C=O) groups is 1. The monoisotopic (exact) mass is 367 g/mol. The highest BCUT2D eigenvalue weighted by Crippen LogP contribution is 2.29. The zero-order chi connectivity index (χ0) is 18.4. The van der Waals surface area contributed by atoms with Crippen LogP contribution in [-0.2, 0) is 4.79 Å². The molecule has 6 heteroatoms. The molecule has 1 aromatic heterocycles. The first-order chi connectivity index (χ1) is 12.7. The highest BCUT2D eigenvalue weighted by Gasteiger charge is 2.07. The number of aromatic nitrogens is 1. The molecule has 0 spiro atoms. The van der Waals surface area contributed by atoms with Gasteiger partial charge in [0.15, 0.2) is 5.13 Å². The second-order valence-corrected chi connectivity index (χ2v) is 6.63. The van der Waals surface area contributed by atoms with Crippen LogP contribution in [0.4, 0.5) is 16.5 Å². The lowest BCUT2D eigenvalue weighted by atomic mass is 10.1. The van der Waals surface area contributed by atoms with E-state index in [0.29, 0.717) is 6.42 Å². The van der Waals surface area contributed by atoms with Gasteiger partial charge in [-0.05, 0) is 30.7 Å². The van der Waals surface area contributed by atoms with Gasteiger partial charge in [-0.1, -0.05) is 25.1 Å². The Morgan fingerprint density at radius 2 is 1.96 bits per heavy atom. The van der Waals surface area contributed by atoms with Gasteiger partial charge in [-0.25, -0.2) is 4.98 Å². The summed E-state index contributed by atoms with van der Waals surface area (Å²) in [5, 5.41) is 9.00. The Morgan fingerprint density at radius 1 is 1.15 bits per heavy atom. The molecule has 1 heterocycles. The van der Waals surface area contributed by atoms with E-state index in [1.54, 1.807) is 7.11 Å². The Bertz CT molecular complexity index is 892. The van der Waals surface area contributed by atoms with Crippen molar-refractivity contribution < 1.29 is 9.53 Å². The molecule has 1 amide bonds. The van der Waals surface area contributed by atoms with Gasteiger partial charge < -0.3 is 15.4 Å². The average Bonchev–Trinajstić information content (AvgIpc) is 3.11. The fraction of sp³-hybridized carbons (Fsp3) is 0.200. The lowest BCUT2D eigenvalue weighted by Gasteiger charge is -2.06. The Labute approximate surface area is 157 Å². The van der Waals surface area contributed by atoms with Crippen LogP contribution in [0.25, 0.3) is 11.3 Å². The van der Waals surface area contributed by atoms with E-state index in [1.165, 1.54) is 11.3 Å². The SMILES string of the molecule is CCCC(=O)Nc1cccc(-c2csc(Nc3cccc(OC)c3)n2)c1. The van der Waals surface area contributed by atoms with Crippen molar-refractivity contribution in [2.75, 3.05) is 17.7 Å². The van der Waals surface area contributed by atoms with Gasteiger partial charge >= 0.3 is 0 Å². The number of methoxy groups -OCH3 is 1. The van der Waals surface area contributed by atoms with Gasteiger partial charge in [-0.15, -0.1) is 11.3 Å². The topological polar surface area (TPSA) is 63.2 Å². The summed E-state index contributed by atoms with van der Waals surface area (Å²) in [6, 6.07) is 15.5. The molecule has 26 heavy (non-hydrogen) atoms. The van der Waals surface area contributed by atoms with Crippen LogP contribution in [0.5, 0.6) is 5.75 Å². The number of nitrogens with one attached hydrogen (secondary N) is 2. The molecule has 134 valence electrons. The van der Waals surface area contributed by atoms with E-state index in [9.17, 15) is 4.79 Å². The first kappa shape index (κ1) is 17.9. The van der Waals surface area contributed by atoms with Crippen LogP contribution in [0.15, 0.2) is 53.9 Å². The fourth-order valence-electron chi connectivity index (χ4n) is 2.49. The van der Waals surface area contributed by atoms with E-state index in [1.807, 2.05) is 60.8 Å². The molecule has 0 aliphatic heterocycles. The lowest BCUT2D eigenvalue weighted by molar-refractivity contribution is -0.116. The van der Waals surface area contributed by atoms with Crippen LogP contribution in [0, 0.1) is 0 Å². The Balaban J connectivity index is 1.74. The minimum atomic E-state index is 0.0308. The molecule has 0 saturated heterocycles. The molecule has 3 rings (SSSR count). The number of ether oxygens (including phenoxy) is 1. The summed E-state index contributed by atoms with van der Waals surface area (Å²) in [5.41, 5.74) is 3.54. The second kappa shape index (κ2) is 8.49. The molecule has 2 aromatic carbocycles. The normalized spacial score (nSPS) is 10.4. The molecular weight excluding hydrogens is 346 g/mol. The van der Waals surface area contributed by atoms with Crippen LogP contribution in [0.3, 0.4) is 0 Å². The predicted octanol–water partition coefficient (Wildman–Crippen LogP) is 5.30. The minimum Gasteiger partial charge on any atom is -0.497 e. The van der Waals surface area contributed by atoms with Crippen molar-refractivity contribution in [3.05, 3.63) is 53.9 Å². The molecular formula is C20H21N3O2S. The first-order valence-electron chi connectivity index (χ1n) is 8.45. The van der Waals surface area contributed by atoms with Gasteiger partial charge in [0.05, 0.1) is 12.8 Å². The summed E-state index contributed by atoms with van der Waals surface area (Å²) in [4.78, 5) is 16.4. The summed E-state index contributed by atoms with van der Waals surface area (Å²) in [7, 11) is 1.65. The number of nitrogens with zero attached hydrogens (tertiary/aromatic N) is 1. The van der Waals surface area contributed by atoms with Crippen molar-refractivity contribution in [3.8, 4) is 17.0 Å². The van der Waals surface area contributed by atoms with Crippen molar-refractivity contribution >= 4 is 33.8 Å². The van der Waals surface area contributed by atoms with Gasteiger partial charge in [-0.2, -0.15) is 0 Å². The molecule has 0 bridgehead atoms. The third-order valence-electron chi connectivity index (χ3n) is 3.74. The smallest absolute Gasteiger partial charge is 0.224 e. The number of carbonyl (C=O) groups excluding carboxylic acids is 1. The molecule has 0 atom stereocenters. The third kappa shape index (κ3) is 4.61. The maximum Gasteiger partial charge on any atom is 0.224 e. The highest BCUT2D eigenvalue weighted by molar-refractivity contribution is 7.14. The number of thiazole rings is 1. The summed E-state index contributed by atoms with van der Waals surface area (Å²) >= 11 is 1.53. The Hall–Kier alpha value is -2.86. The zero-order valence-electron chi connectivity index (χ0n) is 14.8. The number of rotatable bonds is 7. The lowest BCUT2D eigenvalue weighted by Crippen LogP contribution is -2.10.